The molecule has 0 saturated heterocycles. The molecule has 0 aliphatic carbocycles. The molecule has 0 fully saturated rings. The summed E-state index contributed by atoms with van der Waals surface area (Å²) in [6.45, 7) is 0.782. The van der Waals surface area contributed by atoms with E-state index in [0.717, 1.165) is 6.54 Å². The summed E-state index contributed by atoms with van der Waals surface area (Å²) in [6.07, 6.45) is 5.56. The Bertz CT molecular complexity index is 249. The minimum absolute atomic E-state index is 0.138. The molecule has 70 valence electrons. The van der Waals surface area contributed by atoms with Crippen molar-refractivity contribution in [2.75, 3.05) is 32.1 Å². The normalized spacial score (nSPS) is 11.5. The highest BCUT2D eigenvalue weighted by atomic mass is 32.2. The second-order valence-corrected chi connectivity index (χ2v) is 5.14. The number of hydrogen-bond acceptors (Lipinski definition) is 3. The molecule has 0 bridgehead atoms. The van der Waals surface area contributed by atoms with E-state index in [1.54, 1.807) is 0 Å². The summed E-state index contributed by atoms with van der Waals surface area (Å²) in [5.41, 5.74) is 0. The van der Waals surface area contributed by atoms with Crippen LogP contribution in [0.1, 0.15) is 6.42 Å². The van der Waals surface area contributed by atoms with Crippen LogP contribution in [0.15, 0.2) is 0 Å². The number of terminal acetylenes is 1. The van der Waals surface area contributed by atoms with E-state index in [9.17, 15) is 8.42 Å². The van der Waals surface area contributed by atoms with Crippen molar-refractivity contribution in [3.63, 3.8) is 0 Å². The Kier molecular flexibility index (Phi) is 4.95. The monoisotopic (exact) mass is 189 g/mol. The third-order valence-electron chi connectivity index (χ3n) is 1.36. The minimum atomic E-state index is -2.99. The van der Waals surface area contributed by atoms with Crippen LogP contribution in [0.2, 0.25) is 0 Å². The maximum absolute atomic E-state index is 11.1. The Hall–Kier alpha value is -0.530. The first-order valence-corrected chi connectivity index (χ1v) is 5.58. The topological polar surface area (TPSA) is 37.4 Å². The van der Waals surface area contributed by atoms with Crippen LogP contribution in [0.3, 0.4) is 0 Å². The van der Waals surface area contributed by atoms with Crippen molar-refractivity contribution < 1.29 is 8.42 Å². The molecule has 0 rings (SSSR count). The molecule has 0 saturated carbocycles. The molecule has 3 nitrogen and oxygen atoms in total. The molecular formula is C8H15NO2S. The summed E-state index contributed by atoms with van der Waals surface area (Å²) in [5, 5.41) is 0. The van der Waals surface area contributed by atoms with Crippen molar-refractivity contribution in [3.8, 4) is 12.3 Å². The Morgan fingerprint density at radius 3 is 2.42 bits per heavy atom. The number of hydrogen-bond donors (Lipinski definition) is 0. The maximum atomic E-state index is 11.1. The van der Waals surface area contributed by atoms with E-state index in [4.69, 9.17) is 6.42 Å². The van der Waals surface area contributed by atoms with E-state index in [1.807, 2.05) is 19.0 Å². The minimum Gasteiger partial charge on any atom is -0.309 e. The lowest BCUT2D eigenvalue weighted by molar-refractivity contribution is 0.408. The summed E-state index contributed by atoms with van der Waals surface area (Å²) in [7, 11) is 0.831. The maximum Gasteiger partial charge on any atom is 0.161 e. The highest BCUT2D eigenvalue weighted by molar-refractivity contribution is 7.91. The van der Waals surface area contributed by atoms with Crippen LogP contribution in [0.4, 0.5) is 0 Å². The van der Waals surface area contributed by atoms with Gasteiger partial charge in [0.15, 0.2) is 9.84 Å². The second-order valence-electron chi connectivity index (χ2n) is 2.95. The van der Waals surface area contributed by atoms with Gasteiger partial charge in [0.2, 0.25) is 0 Å². The van der Waals surface area contributed by atoms with Crippen LogP contribution in [0.5, 0.6) is 0 Å². The number of rotatable bonds is 5. The van der Waals surface area contributed by atoms with Gasteiger partial charge in [-0.1, -0.05) is 5.92 Å². The van der Waals surface area contributed by atoms with Gasteiger partial charge in [-0.3, -0.25) is 0 Å². The van der Waals surface area contributed by atoms with E-state index in [0.29, 0.717) is 6.42 Å². The zero-order valence-electron chi connectivity index (χ0n) is 7.58. The summed E-state index contributed by atoms with van der Waals surface area (Å²) >= 11 is 0. The van der Waals surface area contributed by atoms with Gasteiger partial charge in [-0.2, -0.15) is 0 Å². The third-order valence-corrected chi connectivity index (χ3v) is 2.88. The molecule has 0 aromatic heterocycles. The van der Waals surface area contributed by atoms with E-state index in [1.165, 1.54) is 0 Å². The lowest BCUT2D eigenvalue weighted by Gasteiger charge is -2.07. The zero-order chi connectivity index (χ0) is 9.61. The molecule has 0 spiro atoms. The molecule has 0 aromatic rings. The molecule has 0 atom stereocenters. The van der Waals surface area contributed by atoms with Gasteiger partial charge in [0.1, 0.15) is 5.75 Å². The summed E-state index contributed by atoms with van der Waals surface area (Å²) in [6, 6.07) is 0. The Morgan fingerprint density at radius 1 is 1.42 bits per heavy atom. The molecule has 12 heavy (non-hydrogen) atoms. The van der Waals surface area contributed by atoms with Crippen LogP contribution in [0.25, 0.3) is 0 Å². The largest absolute Gasteiger partial charge is 0.309 e. The third kappa shape index (κ3) is 6.20. The standard InChI is InChI=1S/C8H15NO2S/c1-4-7-12(10,11)8-5-6-9(2)3/h1H,5-8H2,2-3H3. The van der Waals surface area contributed by atoms with Crippen molar-refractivity contribution in [1.82, 2.24) is 4.90 Å². The van der Waals surface area contributed by atoms with E-state index < -0.39 is 9.84 Å². The average molecular weight is 189 g/mol. The molecule has 0 aliphatic rings. The smallest absolute Gasteiger partial charge is 0.161 e. The highest BCUT2D eigenvalue weighted by Gasteiger charge is 2.07. The fourth-order valence-corrected chi connectivity index (χ4v) is 1.77. The lowest BCUT2D eigenvalue weighted by Crippen LogP contribution is -2.18. The molecule has 0 radical (unpaired) electrons. The highest BCUT2D eigenvalue weighted by Crippen LogP contribution is 1.93. The predicted octanol–water partition coefficient (Wildman–Crippen LogP) is -0.0139. The zero-order valence-corrected chi connectivity index (χ0v) is 8.39. The van der Waals surface area contributed by atoms with Crippen LogP contribution in [0, 0.1) is 12.3 Å². The van der Waals surface area contributed by atoms with Crippen molar-refractivity contribution in [3.05, 3.63) is 0 Å². The molecule has 0 unspecified atom stereocenters. The predicted molar refractivity (Wildman–Crippen MR) is 50.7 cm³/mol. The Morgan fingerprint density at radius 2 is 2.00 bits per heavy atom. The van der Waals surface area contributed by atoms with Gasteiger partial charge in [0.05, 0.1) is 5.75 Å². The number of sulfone groups is 1. The van der Waals surface area contributed by atoms with Crippen molar-refractivity contribution in [2.45, 2.75) is 6.42 Å². The van der Waals surface area contributed by atoms with Gasteiger partial charge in [-0.05, 0) is 27.1 Å². The summed E-state index contributed by atoms with van der Waals surface area (Å²) in [4.78, 5) is 1.95. The summed E-state index contributed by atoms with van der Waals surface area (Å²) < 4.78 is 22.1. The van der Waals surface area contributed by atoms with Gasteiger partial charge in [0, 0.05) is 0 Å². The molecule has 0 amide bonds. The van der Waals surface area contributed by atoms with Gasteiger partial charge in [-0.25, -0.2) is 8.42 Å². The first kappa shape index (κ1) is 11.5. The molecular weight excluding hydrogens is 174 g/mol. The van der Waals surface area contributed by atoms with Gasteiger partial charge < -0.3 is 4.90 Å². The fourth-order valence-electron chi connectivity index (χ4n) is 0.800. The first-order chi connectivity index (χ1) is 5.48. The quantitative estimate of drug-likeness (QED) is 0.571. The molecule has 0 aromatic carbocycles. The van der Waals surface area contributed by atoms with Crippen LogP contribution >= 0.6 is 0 Å². The van der Waals surface area contributed by atoms with Crippen molar-refractivity contribution >= 4 is 9.84 Å². The number of nitrogens with zero attached hydrogens (tertiary/aromatic N) is 1. The molecule has 0 aliphatic heterocycles. The first-order valence-electron chi connectivity index (χ1n) is 3.76. The van der Waals surface area contributed by atoms with Gasteiger partial charge >= 0.3 is 0 Å². The van der Waals surface area contributed by atoms with Crippen LogP contribution in [-0.4, -0.2) is 45.5 Å². The Balaban J connectivity index is 3.72. The van der Waals surface area contributed by atoms with Gasteiger partial charge in [-0.15, -0.1) is 6.42 Å². The van der Waals surface area contributed by atoms with E-state index >= 15 is 0 Å². The van der Waals surface area contributed by atoms with Crippen molar-refractivity contribution in [1.29, 1.82) is 0 Å². The van der Waals surface area contributed by atoms with Crippen LogP contribution < -0.4 is 0 Å². The van der Waals surface area contributed by atoms with Gasteiger partial charge in [0.25, 0.3) is 0 Å². The van der Waals surface area contributed by atoms with Crippen molar-refractivity contribution in [2.24, 2.45) is 0 Å². The summed E-state index contributed by atoms with van der Waals surface area (Å²) in [5.74, 6) is 2.20. The Labute approximate surface area is 74.7 Å². The van der Waals surface area contributed by atoms with E-state index in [-0.39, 0.29) is 11.5 Å². The molecule has 4 heteroatoms. The average Bonchev–Trinajstić information content (AvgIpc) is 1.85. The molecule has 0 N–H and O–H groups in total. The SMILES string of the molecule is C#CCS(=O)(=O)CCCN(C)C. The second kappa shape index (κ2) is 5.18. The van der Waals surface area contributed by atoms with E-state index in [2.05, 4.69) is 5.92 Å². The molecule has 0 heterocycles. The fraction of sp³-hybridized carbons (Fsp3) is 0.750. The lowest BCUT2D eigenvalue weighted by atomic mass is 10.5. The van der Waals surface area contributed by atoms with Crippen LogP contribution in [-0.2, 0) is 9.84 Å².